The van der Waals surface area contributed by atoms with Gasteiger partial charge in [0.1, 0.15) is 20.7 Å². The predicted molar refractivity (Wildman–Crippen MR) is 112 cm³/mol. The van der Waals surface area contributed by atoms with E-state index >= 15 is 8.63 Å². The van der Waals surface area contributed by atoms with Crippen molar-refractivity contribution in [3.63, 3.8) is 0 Å². The van der Waals surface area contributed by atoms with Crippen molar-refractivity contribution in [3.8, 4) is 0 Å². The average Bonchev–Trinajstić information content (AvgIpc) is 3.11. The number of rotatable bonds is 3. The van der Waals surface area contributed by atoms with Gasteiger partial charge in [0.25, 0.3) is 0 Å². The normalized spacial score (nSPS) is 17.1. The van der Waals surface area contributed by atoms with Gasteiger partial charge in [-0.05, 0) is 49.2 Å². The van der Waals surface area contributed by atoms with Crippen LogP contribution in [0.25, 0.3) is 16.0 Å². The molecule has 0 aliphatic carbocycles. The van der Waals surface area contributed by atoms with Crippen LogP contribution in [0, 0.1) is 13.8 Å². The van der Waals surface area contributed by atoms with Gasteiger partial charge in [-0.15, -0.1) is 0 Å². The summed E-state index contributed by atoms with van der Waals surface area (Å²) < 4.78 is 69.0. The van der Waals surface area contributed by atoms with Crippen LogP contribution in [0.2, 0.25) is 0 Å². The fourth-order valence-electron chi connectivity index (χ4n) is 4.68. The van der Waals surface area contributed by atoms with Crippen LogP contribution in [0.3, 0.4) is 0 Å². The first-order valence-electron chi connectivity index (χ1n) is 9.32. The number of allylic oxidation sites excluding steroid dienone is 2. The molecule has 2 aliphatic rings. The number of fused-ring (bicyclic) bond motifs is 2. The molecule has 13 heteroatoms. The Morgan fingerprint density at radius 1 is 1.16 bits per heavy atom. The van der Waals surface area contributed by atoms with Crippen LogP contribution in [-0.2, 0) is 10.1 Å². The number of aromatic nitrogens is 1. The van der Waals surface area contributed by atoms with E-state index in [2.05, 4.69) is 10.0 Å². The molecule has 2 aromatic rings. The summed E-state index contributed by atoms with van der Waals surface area (Å²) in [6.07, 6.45) is 0. The van der Waals surface area contributed by atoms with Crippen LogP contribution in [-0.4, -0.2) is 34.6 Å². The van der Waals surface area contributed by atoms with Gasteiger partial charge in [0.05, 0.1) is 5.57 Å². The van der Waals surface area contributed by atoms with Gasteiger partial charge in [-0.2, -0.15) is 0 Å². The van der Waals surface area contributed by atoms with Crippen LogP contribution in [0.15, 0.2) is 51.6 Å². The Bertz CT molecular complexity index is 1420. The second-order valence-electron chi connectivity index (χ2n) is 7.60. The minimum atomic E-state index is -4.99. The standard InChI is InChI=1S/C19H18BF2N5O3S.Na/c1-10-9-11(2)26-17(10)16(14-5-7-15(8-6-14)24-25-23)18-12(3)19(31(28,29)30)13(4)27(18)20(26,21)22;/h5-9H,1-4H3,(H,28,29,30);/q;+1/p-1. The molecule has 8 nitrogen and oxygen atoms in total. The number of halogens is 2. The molecule has 0 unspecified atom stereocenters. The topological polar surface area (TPSA) is 114 Å². The van der Waals surface area contributed by atoms with E-state index < -0.39 is 22.0 Å². The van der Waals surface area contributed by atoms with Crippen molar-refractivity contribution in [2.45, 2.75) is 27.7 Å². The number of nitrogens with zero attached hydrogens (tertiary/aromatic N) is 5. The number of azide groups is 1. The summed E-state index contributed by atoms with van der Waals surface area (Å²) in [7, 11) is -4.99. The van der Waals surface area contributed by atoms with Gasteiger partial charge in [-0.3, -0.25) is 0 Å². The molecule has 0 saturated heterocycles. The molecule has 0 bridgehead atoms. The van der Waals surface area contributed by atoms with E-state index in [1.165, 1.54) is 26.0 Å². The molecular formula is C19H17BF2N5NaO3S. The first-order chi connectivity index (χ1) is 14.4. The maximum atomic E-state index is 15.8. The minimum Gasteiger partial charge on any atom is -0.744 e. The van der Waals surface area contributed by atoms with Gasteiger partial charge >= 0.3 is 36.5 Å². The molecule has 0 spiro atoms. The van der Waals surface area contributed by atoms with Crippen molar-refractivity contribution >= 4 is 34.1 Å². The number of aryl methyl sites for hydroxylation is 2. The maximum Gasteiger partial charge on any atom is 1.00 e. The molecule has 160 valence electrons. The van der Waals surface area contributed by atoms with Crippen LogP contribution in [0.1, 0.15) is 36.4 Å². The Kier molecular flexibility index (Phi) is 6.09. The summed E-state index contributed by atoms with van der Waals surface area (Å²) in [4.78, 5) is 2.09. The zero-order valence-corrected chi connectivity index (χ0v) is 20.9. The molecule has 0 radical (unpaired) electrons. The fourth-order valence-corrected chi connectivity index (χ4v) is 5.62. The maximum absolute atomic E-state index is 15.8. The van der Waals surface area contributed by atoms with E-state index in [0.29, 0.717) is 32.6 Å². The van der Waals surface area contributed by atoms with Crippen molar-refractivity contribution in [2.75, 3.05) is 0 Å². The molecular weight excluding hydrogens is 450 g/mol. The summed E-state index contributed by atoms with van der Waals surface area (Å²) >= 11 is 0. The number of hydrogen-bond acceptors (Lipinski definition) is 4. The minimum absolute atomic E-state index is 0. The van der Waals surface area contributed by atoms with Gasteiger partial charge in [0.2, 0.25) is 0 Å². The Balaban J connectivity index is 0.00000289. The molecule has 3 heterocycles. The third kappa shape index (κ3) is 3.38. The molecule has 0 atom stereocenters. The van der Waals surface area contributed by atoms with Crippen molar-refractivity contribution in [2.24, 2.45) is 5.11 Å². The van der Waals surface area contributed by atoms with Gasteiger partial charge in [0, 0.05) is 28.8 Å². The monoisotopic (exact) mass is 467 g/mol. The molecule has 0 N–H and O–H groups in total. The van der Waals surface area contributed by atoms with E-state index in [1.54, 1.807) is 32.0 Å². The summed E-state index contributed by atoms with van der Waals surface area (Å²) in [6.45, 7) is 1.39. The molecule has 2 aliphatic heterocycles. The number of hydrogen-bond donors (Lipinski definition) is 0. The van der Waals surface area contributed by atoms with E-state index in [0.717, 1.165) is 4.48 Å². The summed E-state index contributed by atoms with van der Waals surface area (Å²) in [5.74, 6) is 0. The van der Waals surface area contributed by atoms with Gasteiger partial charge in [-0.1, -0.05) is 29.4 Å². The molecule has 0 saturated carbocycles. The van der Waals surface area contributed by atoms with Crippen molar-refractivity contribution in [1.82, 2.24) is 4.48 Å². The van der Waals surface area contributed by atoms with E-state index in [1.807, 2.05) is 0 Å². The largest absolute Gasteiger partial charge is 1.00 e. The van der Waals surface area contributed by atoms with Crippen LogP contribution < -0.4 is 29.6 Å². The molecule has 0 amide bonds. The van der Waals surface area contributed by atoms with Crippen molar-refractivity contribution in [3.05, 3.63) is 79.5 Å². The first kappa shape index (κ1) is 24.4. The summed E-state index contributed by atoms with van der Waals surface area (Å²) in [5.41, 5.74) is 10.7. The number of benzene rings is 1. The van der Waals surface area contributed by atoms with Crippen LogP contribution in [0.4, 0.5) is 14.3 Å². The van der Waals surface area contributed by atoms with Crippen molar-refractivity contribution < 1.29 is 55.6 Å². The fraction of sp³-hybridized carbons (Fsp3) is 0.211. The molecule has 1 aromatic carbocycles. The average molecular weight is 467 g/mol. The Morgan fingerprint density at radius 3 is 2.28 bits per heavy atom. The van der Waals surface area contributed by atoms with Gasteiger partial charge in [0.15, 0.2) is 5.70 Å². The van der Waals surface area contributed by atoms with E-state index in [-0.39, 0.29) is 52.2 Å². The molecule has 0 fully saturated rings. The van der Waals surface area contributed by atoms with Crippen LogP contribution in [0.5, 0.6) is 0 Å². The Labute approximate surface area is 205 Å². The zero-order chi connectivity index (χ0) is 22.9. The van der Waals surface area contributed by atoms with Crippen LogP contribution >= 0.6 is 0 Å². The molecule has 1 aromatic heterocycles. The SMILES string of the molecule is CC1=C(S(=O)(=O)[O-])C(C)=[N+]2C1=C(c1ccc(N=[N+]=[N-])cc1)c1c(C)cc(C)n1[B-]2(F)F.[Na+]. The second kappa shape index (κ2) is 7.98. The van der Waals surface area contributed by atoms with Gasteiger partial charge in [-0.25, -0.2) is 8.42 Å². The zero-order valence-electron chi connectivity index (χ0n) is 18.1. The second-order valence-corrected chi connectivity index (χ2v) is 8.92. The third-order valence-corrected chi connectivity index (χ3v) is 6.81. The molecule has 32 heavy (non-hydrogen) atoms. The Hall–Kier alpha value is -2.21. The summed E-state index contributed by atoms with van der Waals surface area (Å²) in [5, 5.41) is 3.52. The Morgan fingerprint density at radius 2 is 1.75 bits per heavy atom. The predicted octanol–water partition coefficient (Wildman–Crippen LogP) is 1.35. The molecule has 4 rings (SSSR count). The van der Waals surface area contributed by atoms with Gasteiger partial charge < -0.3 is 22.1 Å². The summed E-state index contributed by atoms with van der Waals surface area (Å²) in [6, 6.07) is 7.94. The van der Waals surface area contributed by atoms with Crippen molar-refractivity contribution in [1.29, 1.82) is 0 Å². The smallest absolute Gasteiger partial charge is 0.744 e. The van der Waals surface area contributed by atoms with E-state index in [4.69, 9.17) is 5.53 Å². The first-order valence-corrected chi connectivity index (χ1v) is 10.7. The van der Waals surface area contributed by atoms with E-state index in [9.17, 15) is 13.0 Å². The quantitative estimate of drug-likeness (QED) is 0.223. The third-order valence-electron chi connectivity index (χ3n) is 5.71.